The van der Waals surface area contributed by atoms with Gasteiger partial charge in [0.2, 0.25) is 0 Å². The van der Waals surface area contributed by atoms with Crippen LogP contribution in [0.25, 0.3) is 0 Å². The van der Waals surface area contributed by atoms with Crippen molar-refractivity contribution in [2.24, 2.45) is 0 Å². The first kappa shape index (κ1) is 9.76. The molecule has 0 aliphatic heterocycles. The Kier molecular flexibility index (Phi) is 2.40. The molecule has 0 saturated heterocycles. The molecular weight excluding hydrogens is 180 g/mol. The molecule has 1 aromatic heterocycles. The first-order valence-electron chi connectivity index (χ1n) is 3.67. The number of halogens is 2. The topological polar surface area (TPSA) is 47.8 Å². The molecule has 13 heavy (non-hydrogen) atoms. The Morgan fingerprint density at radius 3 is 2.77 bits per heavy atom. The van der Waals surface area contributed by atoms with Crippen LogP contribution >= 0.6 is 0 Å². The highest BCUT2D eigenvalue weighted by molar-refractivity contribution is 5.91. The van der Waals surface area contributed by atoms with Crippen LogP contribution in [0.5, 0.6) is 0 Å². The predicted octanol–water partition coefficient (Wildman–Crippen LogP) is 1.14. The van der Waals surface area contributed by atoms with Crippen molar-refractivity contribution in [3.63, 3.8) is 0 Å². The lowest BCUT2D eigenvalue weighted by Crippen LogP contribution is -2.22. The number of ketones is 1. The van der Waals surface area contributed by atoms with Gasteiger partial charge in [0, 0.05) is 13.8 Å². The van der Waals surface area contributed by atoms with E-state index in [4.69, 9.17) is 0 Å². The highest BCUT2D eigenvalue weighted by Gasteiger charge is 2.24. The number of nitrogens with zero attached hydrogens (tertiary/aromatic N) is 3. The third-order valence-corrected chi connectivity index (χ3v) is 1.41. The number of carbonyl (C=O) groups excluding carboxylic acids is 1. The number of aromatic nitrogens is 3. The minimum Gasteiger partial charge on any atom is -0.293 e. The van der Waals surface area contributed by atoms with E-state index in [9.17, 15) is 13.6 Å². The summed E-state index contributed by atoms with van der Waals surface area (Å²) in [6, 6.07) is 0. The van der Waals surface area contributed by atoms with Crippen molar-refractivity contribution in [1.29, 1.82) is 0 Å². The average molecular weight is 189 g/mol. The molecule has 0 saturated carbocycles. The molecule has 4 nitrogen and oxygen atoms in total. The molecule has 0 aliphatic carbocycles. The fraction of sp³-hybridized carbons (Fsp3) is 0.571. The smallest absolute Gasteiger partial charge is 0.264 e. The van der Waals surface area contributed by atoms with Gasteiger partial charge < -0.3 is 0 Å². The van der Waals surface area contributed by atoms with Gasteiger partial charge in [-0.1, -0.05) is 5.21 Å². The Hall–Kier alpha value is -1.33. The van der Waals surface area contributed by atoms with E-state index in [1.165, 1.54) is 13.1 Å². The van der Waals surface area contributed by atoms with Gasteiger partial charge in [0.1, 0.15) is 12.2 Å². The van der Waals surface area contributed by atoms with Crippen molar-refractivity contribution in [2.75, 3.05) is 0 Å². The molecule has 0 bridgehead atoms. The van der Waals surface area contributed by atoms with Crippen LogP contribution < -0.4 is 0 Å². The van der Waals surface area contributed by atoms with Gasteiger partial charge in [0.15, 0.2) is 5.78 Å². The molecule has 0 radical (unpaired) electrons. The predicted molar refractivity (Wildman–Crippen MR) is 40.6 cm³/mol. The molecule has 0 atom stereocenters. The summed E-state index contributed by atoms with van der Waals surface area (Å²) in [4.78, 5) is 10.9. The highest BCUT2D eigenvalue weighted by atomic mass is 19.3. The van der Waals surface area contributed by atoms with Crippen LogP contribution in [-0.2, 0) is 6.54 Å². The van der Waals surface area contributed by atoms with E-state index in [1.54, 1.807) is 0 Å². The summed E-state index contributed by atoms with van der Waals surface area (Å²) in [7, 11) is 0. The lowest BCUT2D eigenvalue weighted by Gasteiger charge is -2.10. The quantitative estimate of drug-likeness (QED) is 0.670. The Labute approximate surface area is 73.5 Å². The third kappa shape index (κ3) is 2.57. The van der Waals surface area contributed by atoms with E-state index < -0.39 is 12.5 Å². The standard InChI is InChI=1S/C7H9F2N3O/c1-5(13)6-3-10-11-12(6)4-7(2,8)9/h3H,4H2,1-2H3. The average Bonchev–Trinajstić information content (AvgIpc) is 2.31. The molecule has 72 valence electrons. The normalized spacial score (nSPS) is 11.7. The second kappa shape index (κ2) is 3.20. The number of hydrogen-bond acceptors (Lipinski definition) is 3. The van der Waals surface area contributed by atoms with Crippen LogP contribution in [0.1, 0.15) is 24.3 Å². The first-order chi connectivity index (χ1) is 5.90. The van der Waals surface area contributed by atoms with Crippen molar-refractivity contribution >= 4 is 5.78 Å². The Bertz CT molecular complexity index is 316. The van der Waals surface area contributed by atoms with Gasteiger partial charge >= 0.3 is 0 Å². The van der Waals surface area contributed by atoms with E-state index in [1.807, 2.05) is 0 Å². The number of rotatable bonds is 3. The zero-order valence-electron chi connectivity index (χ0n) is 7.29. The van der Waals surface area contributed by atoms with Crippen molar-refractivity contribution in [3.8, 4) is 0 Å². The van der Waals surface area contributed by atoms with Gasteiger partial charge in [-0.15, -0.1) is 5.10 Å². The van der Waals surface area contributed by atoms with Gasteiger partial charge in [0.25, 0.3) is 5.92 Å². The highest BCUT2D eigenvalue weighted by Crippen LogP contribution is 2.14. The summed E-state index contributed by atoms with van der Waals surface area (Å²) in [6.45, 7) is 1.42. The fourth-order valence-corrected chi connectivity index (χ4v) is 0.910. The number of hydrogen-bond donors (Lipinski definition) is 0. The maximum absolute atomic E-state index is 12.5. The van der Waals surface area contributed by atoms with Crippen LogP contribution in [0.2, 0.25) is 0 Å². The van der Waals surface area contributed by atoms with Gasteiger partial charge in [-0.05, 0) is 0 Å². The lowest BCUT2D eigenvalue weighted by atomic mass is 10.3. The second-order valence-electron chi connectivity index (χ2n) is 2.90. The molecule has 1 heterocycles. The summed E-state index contributed by atoms with van der Waals surface area (Å²) in [5.74, 6) is -3.22. The van der Waals surface area contributed by atoms with Crippen LogP contribution in [0.4, 0.5) is 8.78 Å². The Morgan fingerprint density at radius 2 is 2.31 bits per heavy atom. The molecule has 0 amide bonds. The fourth-order valence-electron chi connectivity index (χ4n) is 0.910. The molecule has 0 aliphatic rings. The minimum atomic E-state index is -2.89. The second-order valence-corrected chi connectivity index (χ2v) is 2.90. The van der Waals surface area contributed by atoms with Crippen molar-refractivity contribution < 1.29 is 13.6 Å². The molecule has 1 aromatic rings. The summed E-state index contributed by atoms with van der Waals surface area (Å²) >= 11 is 0. The van der Waals surface area contributed by atoms with Crippen molar-refractivity contribution in [2.45, 2.75) is 26.3 Å². The molecule has 0 N–H and O–H groups in total. The van der Waals surface area contributed by atoms with Gasteiger partial charge in [-0.3, -0.25) is 4.79 Å². The molecule has 1 rings (SSSR count). The minimum absolute atomic E-state index is 0.0986. The van der Waals surface area contributed by atoms with Gasteiger partial charge in [-0.2, -0.15) is 0 Å². The zero-order chi connectivity index (χ0) is 10.1. The monoisotopic (exact) mass is 189 g/mol. The summed E-state index contributed by atoms with van der Waals surface area (Å²) in [5.41, 5.74) is 0.0986. The number of Topliss-reactive ketones (excluding diaryl/α,β-unsaturated/α-hetero) is 1. The molecule has 0 fully saturated rings. The first-order valence-corrected chi connectivity index (χ1v) is 3.67. The lowest BCUT2D eigenvalue weighted by molar-refractivity contribution is -0.000393. The van der Waals surface area contributed by atoms with E-state index >= 15 is 0 Å². The van der Waals surface area contributed by atoms with Crippen LogP contribution in [0.3, 0.4) is 0 Å². The van der Waals surface area contributed by atoms with Crippen molar-refractivity contribution in [3.05, 3.63) is 11.9 Å². The van der Waals surface area contributed by atoms with E-state index in [2.05, 4.69) is 10.3 Å². The maximum atomic E-state index is 12.5. The van der Waals surface area contributed by atoms with Crippen LogP contribution in [-0.4, -0.2) is 26.7 Å². The molecule has 0 aromatic carbocycles. The summed E-state index contributed by atoms with van der Waals surface area (Å²) in [6.07, 6.45) is 1.17. The molecule has 0 unspecified atom stereocenters. The van der Waals surface area contributed by atoms with Gasteiger partial charge in [-0.25, -0.2) is 13.5 Å². The van der Waals surface area contributed by atoms with Gasteiger partial charge in [0.05, 0.1) is 6.20 Å². The summed E-state index contributed by atoms with van der Waals surface area (Å²) < 4.78 is 26.0. The largest absolute Gasteiger partial charge is 0.293 e. The van der Waals surface area contributed by atoms with Crippen LogP contribution in [0, 0.1) is 0 Å². The van der Waals surface area contributed by atoms with E-state index in [0.717, 1.165) is 11.6 Å². The third-order valence-electron chi connectivity index (χ3n) is 1.41. The van der Waals surface area contributed by atoms with Crippen molar-refractivity contribution in [1.82, 2.24) is 15.0 Å². The Balaban J connectivity index is 2.89. The molecular formula is C7H9F2N3O. The number of carbonyl (C=O) groups is 1. The van der Waals surface area contributed by atoms with Crippen LogP contribution in [0.15, 0.2) is 6.20 Å². The molecule has 0 spiro atoms. The zero-order valence-corrected chi connectivity index (χ0v) is 7.29. The summed E-state index contributed by atoms with van der Waals surface area (Å²) in [5, 5.41) is 6.77. The molecule has 6 heteroatoms. The maximum Gasteiger partial charge on any atom is 0.264 e. The Morgan fingerprint density at radius 1 is 1.69 bits per heavy atom. The SMILES string of the molecule is CC(=O)c1cnnn1CC(C)(F)F. The van der Waals surface area contributed by atoms with E-state index in [-0.39, 0.29) is 11.5 Å². The number of alkyl halides is 2. The van der Waals surface area contributed by atoms with E-state index in [0.29, 0.717) is 0 Å².